The standard InChI is InChI=1S/C3H8O8S2/c4-2-1-3-10-13(8,9)11-12(5,6)7/h4H,1-3H2,(H,5,6,7). The molecule has 0 amide bonds. The molecule has 0 aromatic carbocycles. The molecule has 10 heteroatoms. The minimum absolute atomic E-state index is 0.00589. The highest BCUT2D eigenvalue weighted by Gasteiger charge is 2.20. The summed E-state index contributed by atoms with van der Waals surface area (Å²) in [5.41, 5.74) is 0. The topological polar surface area (TPSA) is 127 Å². The van der Waals surface area contributed by atoms with Crippen LogP contribution in [0.25, 0.3) is 0 Å². The number of aliphatic hydroxyl groups excluding tert-OH is 1. The van der Waals surface area contributed by atoms with Gasteiger partial charge < -0.3 is 5.11 Å². The fourth-order valence-electron chi connectivity index (χ4n) is 0.350. The van der Waals surface area contributed by atoms with E-state index in [1.54, 1.807) is 0 Å². The van der Waals surface area contributed by atoms with Crippen molar-refractivity contribution in [2.24, 2.45) is 0 Å². The molecule has 2 N–H and O–H groups in total. The van der Waals surface area contributed by atoms with Gasteiger partial charge in [-0.25, -0.2) is 4.18 Å². The Balaban J connectivity index is 4.12. The van der Waals surface area contributed by atoms with Gasteiger partial charge in [0.1, 0.15) is 0 Å². The molecular weight excluding hydrogens is 228 g/mol. The largest absolute Gasteiger partial charge is 0.416 e. The van der Waals surface area contributed by atoms with Gasteiger partial charge in [0.05, 0.1) is 6.61 Å². The summed E-state index contributed by atoms with van der Waals surface area (Å²) in [5.74, 6) is 0. The Hall–Kier alpha value is -0.260. The molecule has 0 aliphatic rings. The smallest absolute Gasteiger partial charge is 0.396 e. The molecular formula is C3H8O8S2. The summed E-state index contributed by atoms with van der Waals surface area (Å²) in [6.07, 6.45) is -0.00589. The van der Waals surface area contributed by atoms with Crippen molar-refractivity contribution in [2.45, 2.75) is 6.42 Å². The molecule has 8 nitrogen and oxygen atoms in total. The summed E-state index contributed by atoms with van der Waals surface area (Å²) in [6.45, 7) is -0.754. The van der Waals surface area contributed by atoms with Crippen LogP contribution in [-0.2, 0) is 28.6 Å². The van der Waals surface area contributed by atoms with Crippen LogP contribution in [0.5, 0.6) is 0 Å². The van der Waals surface area contributed by atoms with Crippen molar-refractivity contribution < 1.29 is 34.3 Å². The lowest BCUT2D eigenvalue weighted by Gasteiger charge is -2.01. The molecule has 0 aliphatic heterocycles. The van der Waals surface area contributed by atoms with Gasteiger partial charge in [-0.05, 0) is 6.42 Å². The Labute approximate surface area is 75.4 Å². The second kappa shape index (κ2) is 4.83. The van der Waals surface area contributed by atoms with Gasteiger partial charge in [0.2, 0.25) is 0 Å². The molecule has 0 fully saturated rings. The number of hydrogen-bond donors (Lipinski definition) is 2. The zero-order valence-corrected chi connectivity index (χ0v) is 7.91. The van der Waals surface area contributed by atoms with E-state index in [1.807, 2.05) is 0 Å². The highest BCUT2D eigenvalue weighted by atomic mass is 32.3. The normalized spacial score (nSPS) is 13.1. The molecule has 0 saturated carbocycles. The lowest BCUT2D eigenvalue weighted by Crippen LogP contribution is -2.16. The molecule has 0 heterocycles. The van der Waals surface area contributed by atoms with Crippen LogP contribution in [-0.4, -0.2) is 39.7 Å². The van der Waals surface area contributed by atoms with Gasteiger partial charge in [-0.1, -0.05) is 0 Å². The summed E-state index contributed by atoms with van der Waals surface area (Å²) < 4.78 is 55.7. The fourth-order valence-corrected chi connectivity index (χ4v) is 1.67. The van der Waals surface area contributed by atoms with Crippen LogP contribution in [0.15, 0.2) is 0 Å². The lowest BCUT2D eigenvalue weighted by molar-refractivity contribution is 0.219. The first-order chi connectivity index (χ1) is 5.77. The molecule has 0 spiro atoms. The summed E-state index contributed by atoms with van der Waals surface area (Å²) >= 11 is 0. The van der Waals surface area contributed by atoms with Gasteiger partial charge in [0.15, 0.2) is 0 Å². The molecule has 0 bridgehead atoms. The van der Waals surface area contributed by atoms with E-state index in [1.165, 1.54) is 0 Å². The van der Waals surface area contributed by atoms with E-state index in [4.69, 9.17) is 9.66 Å². The highest BCUT2D eigenvalue weighted by Crippen LogP contribution is 2.01. The number of aliphatic hydroxyl groups is 1. The first-order valence-electron chi connectivity index (χ1n) is 2.95. The zero-order valence-electron chi connectivity index (χ0n) is 6.28. The monoisotopic (exact) mass is 236 g/mol. The molecule has 13 heavy (non-hydrogen) atoms. The third-order valence-corrected chi connectivity index (χ3v) is 2.51. The van der Waals surface area contributed by atoms with Crippen molar-refractivity contribution in [3.63, 3.8) is 0 Å². The Morgan fingerprint density at radius 1 is 1.15 bits per heavy atom. The maximum Gasteiger partial charge on any atom is 0.416 e. The minimum atomic E-state index is -5.09. The quantitative estimate of drug-likeness (QED) is 0.419. The van der Waals surface area contributed by atoms with Gasteiger partial charge in [0, 0.05) is 6.61 Å². The average molecular weight is 236 g/mol. The molecule has 80 valence electrons. The molecule has 0 radical (unpaired) electrons. The zero-order chi connectivity index (χ0) is 10.5. The number of rotatable bonds is 6. The van der Waals surface area contributed by atoms with E-state index in [-0.39, 0.29) is 13.0 Å². The predicted octanol–water partition coefficient (Wildman–Crippen LogP) is -1.55. The van der Waals surface area contributed by atoms with Crippen molar-refractivity contribution in [3.8, 4) is 0 Å². The summed E-state index contributed by atoms with van der Waals surface area (Å²) in [5, 5.41) is 8.21. The lowest BCUT2D eigenvalue weighted by atomic mass is 10.5. The van der Waals surface area contributed by atoms with E-state index in [2.05, 4.69) is 7.81 Å². The molecule has 0 aliphatic carbocycles. The predicted molar refractivity (Wildman–Crippen MR) is 39.2 cm³/mol. The van der Waals surface area contributed by atoms with Crippen molar-refractivity contribution in [2.75, 3.05) is 13.2 Å². The SMILES string of the molecule is O=S(=O)(O)OS(=O)(=O)OCCCO. The molecule has 0 aromatic heterocycles. The fraction of sp³-hybridized carbons (Fsp3) is 1.00. The Bertz CT molecular complexity index is 324. The minimum Gasteiger partial charge on any atom is -0.396 e. The van der Waals surface area contributed by atoms with Gasteiger partial charge in [-0.3, -0.25) is 4.55 Å². The maximum atomic E-state index is 10.5. The molecule has 0 saturated heterocycles. The summed E-state index contributed by atoms with van der Waals surface area (Å²) in [6, 6.07) is 0. The Kier molecular flexibility index (Phi) is 4.74. The molecule has 0 aromatic rings. The first-order valence-corrected chi connectivity index (χ1v) is 5.65. The van der Waals surface area contributed by atoms with Crippen LogP contribution in [0, 0.1) is 0 Å². The average Bonchev–Trinajstić information content (AvgIpc) is 1.81. The van der Waals surface area contributed by atoms with Crippen LogP contribution in [0.4, 0.5) is 0 Å². The van der Waals surface area contributed by atoms with Crippen LogP contribution in [0.3, 0.4) is 0 Å². The first kappa shape index (κ1) is 12.7. The van der Waals surface area contributed by atoms with Gasteiger partial charge in [0.25, 0.3) is 0 Å². The van der Waals surface area contributed by atoms with E-state index in [0.29, 0.717) is 0 Å². The van der Waals surface area contributed by atoms with Crippen LogP contribution >= 0.6 is 0 Å². The van der Waals surface area contributed by atoms with Crippen LogP contribution in [0.2, 0.25) is 0 Å². The summed E-state index contributed by atoms with van der Waals surface area (Å²) in [7, 11) is -9.86. The molecule has 0 atom stereocenters. The van der Waals surface area contributed by atoms with Gasteiger partial charge in [-0.15, -0.1) is 3.63 Å². The van der Waals surface area contributed by atoms with E-state index < -0.39 is 27.4 Å². The summed E-state index contributed by atoms with van der Waals surface area (Å²) in [4.78, 5) is 0. The van der Waals surface area contributed by atoms with Crippen molar-refractivity contribution in [3.05, 3.63) is 0 Å². The Morgan fingerprint density at radius 3 is 2.08 bits per heavy atom. The van der Waals surface area contributed by atoms with Crippen molar-refractivity contribution in [1.82, 2.24) is 0 Å². The Morgan fingerprint density at radius 2 is 1.69 bits per heavy atom. The van der Waals surface area contributed by atoms with Crippen LogP contribution in [0.1, 0.15) is 6.42 Å². The van der Waals surface area contributed by atoms with Crippen molar-refractivity contribution >= 4 is 20.8 Å². The van der Waals surface area contributed by atoms with E-state index >= 15 is 0 Å². The second-order valence-corrected chi connectivity index (χ2v) is 4.26. The van der Waals surface area contributed by atoms with Gasteiger partial charge in [-0.2, -0.15) is 16.8 Å². The number of hydrogen-bond acceptors (Lipinski definition) is 7. The van der Waals surface area contributed by atoms with Crippen LogP contribution < -0.4 is 0 Å². The second-order valence-electron chi connectivity index (χ2n) is 1.80. The van der Waals surface area contributed by atoms with E-state index in [9.17, 15) is 16.8 Å². The van der Waals surface area contributed by atoms with Gasteiger partial charge >= 0.3 is 20.8 Å². The van der Waals surface area contributed by atoms with E-state index in [0.717, 1.165) is 0 Å². The third kappa shape index (κ3) is 8.08. The van der Waals surface area contributed by atoms with Crippen molar-refractivity contribution in [1.29, 1.82) is 0 Å². The third-order valence-electron chi connectivity index (χ3n) is 0.699. The molecule has 0 rings (SSSR count). The highest BCUT2D eigenvalue weighted by molar-refractivity contribution is 7.94. The maximum absolute atomic E-state index is 10.5. The molecule has 0 unspecified atom stereocenters.